The van der Waals surface area contributed by atoms with Crippen LogP contribution in [0.1, 0.15) is 35.6 Å². The number of aryl methyl sites for hydroxylation is 2. The van der Waals surface area contributed by atoms with Gasteiger partial charge in [-0.05, 0) is 42.5 Å². The van der Waals surface area contributed by atoms with Crippen molar-refractivity contribution < 1.29 is 4.39 Å². The Labute approximate surface area is 137 Å². The van der Waals surface area contributed by atoms with E-state index in [4.69, 9.17) is 0 Å². The van der Waals surface area contributed by atoms with Gasteiger partial charge in [-0.3, -0.25) is 0 Å². The standard InChI is InChI=1S/C22H19F/c1-3-4-18-10-14-21-20(15-18)13-12-19(22(21)23)11-9-17-7-5-16(2)6-8-17/h5-8,10,12-15H,3-4H2,1-2H3. The van der Waals surface area contributed by atoms with E-state index in [1.807, 2.05) is 49.4 Å². The Kier molecular flexibility index (Phi) is 4.44. The molecule has 0 aliphatic heterocycles. The van der Waals surface area contributed by atoms with Crippen molar-refractivity contribution >= 4 is 10.8 Å². The Bertz CT molecular complexity index is 893. The van der Waals surface area contributed by atoms with Crippen LogP contribution in [0.15, 0.2) is 54.6 Å². The number of fused-ring (bicyclic) bond motifs is 1. The minimum Gasteiger partial charge on any atom is -0.205 e. The number of halogens is 1. The molecule has 0 radical (unpaired) electrons. The lowest BCUT2D eigenvalue weighted by molar-refractivity contribution is 0.636. The molecule has 0 atom stereocenters. The van der Waals surface area contributed by atoms with Crippen molar-refractivity contribution in [2.75, 3.05) is 0 Å². The average Bonchev–Trinajstić information content (AvgIpc) is 2.56. The van der Waals surface area contributed by atoms with Crippen LogP contribution < -0.4 is 0 Å². The van der Waals surface area contributed by atoms with Gasteiger partial charge >= 0.3 is 0 Å². The summed E-state index contributed by atoms with van der Waals surface area (Å²) in [6.45, 7) is 4.18. The van der Waals surface area contributed by atoms with E-state index >= 15 is 0 Å². The van der Waals surface area contributed by atoms with Crippen LogP contribution in [0.2, 0.25) is 0 Å². The first-order valence-electron chi connectivity index (χ1n) is 7.97. The van der Waals surface area contributed by atoms with E-state index in [9.17, 15) is 4.39 Å². The highest BCUT2D eigenvalue weighted by atomic mass is 19.1. The second kappa shape index (κ2) is 6.67. The van der Waals surface area contributed by atoms with E-state index in [1.54, 1.807) is 6.07 Å². The first kappa shape index (κ1) is 15.3. The van der Waals surface area contributed by atoms with Crippen molar-refractivity contribution in [3.63, 3.8) is 0 Å². The van der Waals surface area contributed by atoms with Crippen molar-refractivity contribution in [2.24, 2.45) is 0 Å². The summed E-state index contributed by atoms with van der Waals surface area (Å²) in [6, 6.07) is 17.6. The van der Waals surface area contributed by atoms with Gasteiger partial charge in [-0.1, -0.05) is 67.1 Å². The lowest BCUT2D eigenvalue weighted by Gasteiger charge is -2.05. The van der Waals surface area contributed by atoms with Gasteiger partial charge in [0.1, 0.15) is 5.82 Å². The average molecular weight is 302 g/mol. The molecule has 114 valence electrons. The van der Waals surface area contributed by atoms with Crippen LogP contribution in [0.5, 0.6) is 0 Å². The fraction of sp³-hybridized carbons (Fsp3) is 0.182. The van der Waals surface area contributed by atoms with Gasteiger partial charge in [-0.2, -0.15) is 0 Å². The van der Waals surface area contributed by atoms with Gasteiger partial charge in [-0.25, -0.2) is 4.39 Å². The SMILES string of the molecule is CCCc1ccc2c(F)c(C#Cc3ccc(C)cc3)ccc2c1. The molecule has 3 aromatic rings. The third-order valence-corrected chi connectivity index (χ3v) is 3.95. The van der Waals surface area contributed by atoms with Crippen molar-refractivity contribution in [1.29, 1.82) is 0 Å². The molecule has 0 spiro atoms. The van der Waals surface area contributed by atoms with Crippen molar-refractivity contribution in [3.8, 4) is 11.8 Å². The van der Waals surface area contributed by atoms with E-state index in [1.165, 1.54) is 11.1 Å². The summed E-state index contributed by atoms with van der Waals surface area (Å²) in [5.41, 5.74) is 3.78. The van der Waals surface area contributed by atoms with Crippen molar-refractivity contribution in [1.82, 2.24) is 0 Å². The van der Waals surface area contributed by atoms with Crippen molar-refractivity contribution in [2.45, 2.75) is 26.7 Å². The largest absolute Gasteiger partial charge is 0.205 e. The first-order valence-corrected chi connectivity index (χ1v) is 7.97. The van der Waals surface area contributed by atoms with Crippen LogP contribution in [0, 0.1) is 24.6 Å². The molecule has 0 bridgehead atoms. The second-order valence-corrected chi connectivity index (χ2v) is 5.85. The van der Waals surface area contributed by atoms with Crippen LogP contribution in [0.25, 0.3) is 10.8 Å². The lowest BCUT2D eigenvalue weighted by atomic mass is 10.0. The summed E-state index contributed by atoms with van der Waals surface area (Å²) in [7, 11) is 0. The molecule has 0 fully saturated rings. The molecule has 0 saturated carbocycles. The lowest BCUT2D eigenvalue weighted by Crippen LogP contribution is -1.89. The molecule has 0 aromatic heterocycles. The molecular weight excluding hydrogens is 283 g/mol. The van der Waals surface area contributed by atoms with Gasteiger partial charge in [0.15, 0.2) is 0 Å². The van der Waals surface area contributed by atoms with E-state index in [0.29, 0.717) is 10.9 Å². The van der Waals surface area contributed by atoms with E-state index < -0.39 is 0 Å². The summed E-state index contributed by atoms with van der Waals surface area (Å²) in [5, 5.41) is 1.58. The van der Waals surface area contributed by atoms with E-state index in [2.05, 4.69) is 24.8 Å². The summed E-state index contributed by atoms with van der Waals surface area (Å²) >= 11 is 0. The fourth-order valence-corrected chi connectivity index (χ4v) is 2.66. The van der Waals surface area contributed by atoms with Crippen LogP contribution in [0.4, 0.5) is 4.39 Å². The Hall–Kier alpha value is -2.59. The normalized spacial score (nSPS) is 10.4. The molecule has 0 amide bonds. The zero-order valence-corrected chi connectivity index (χ0v) is 13.5. The molecule has 23 heavy (non-hydrogen) atoms. The molecule has 0 aliphatic carbocycles. The van der Waals surface area contributed by atoms with Gasteiger partial charge in [-0.15, -0.1) is 0 Å². The third kappa shape index (κ3) is 3.43. The molecule has 3 rings (SSSR count). The monoisotopic (exact) mass is 302 g/mol. The zero-order valence-electron chi connectivity index (χ0n) is 13.5. The maximum Gasteiger partial charge on any atom is 0.146 e. The van der Waals surface area contributed by atoms with Gasteiger partial charge in [0.25, 0.3) is 0 Å². The maximum absolute atomic E-state index is 14.7. The Balaban J connectivity index is 1.98. The predicted molar refractivity (Wildman–Crippen MR) is 95.1 cm³/mol. The Morgan fingerprint density at radius 3 is 2.43 bits per heavy atom. The fourth-order valence-electron chi connectivity index (χ4n) is 2.66. The molecule has 0 unspecified atom stereocenters. The summed E-state index contributed by atoms with van der Waals surface area (Å²) in [5.74, 6) is 5.76. The quantitative estimate of drug-likeness (QED) is 0.537. The van der Waals surface area contributed by atoms with Crippen LogP contribution in [-0.4, -0.2) is 0 Å². The van der Waals surface area contributed by atoms with Crippen molar-refractivity contribution in [3.05, 3.63) is 82.7 Å². The first-order chi connectivity index (χ1) is 11.2. The van der Waals surface area contributed by atoms with Crippen LogP contribution >= 0.6 is 0 Å². The minimum absolute atomic E-state index is 0.231. The van der Waals surface area contributed by atoms with Gasteiger partial charge < -0.3 is 0 Å². The molecule has 0 aliphatic rings. The zero-order chi connectivity index (χ0) is 16.2. The molecule has 3 aromatic carbocycles. The molecule has 0 heterocycles. The summed E-state index contributed by atoms with van der Waals surface area (Å²) in [6.07, 6.45) is 2.11. The smallest absolute Gasteiger partial charge is 0.146 e. The highest BCUT2D eigenvalue weighted by Gasteiger charge is 2.06. The van der Waals surface area contributed by atoms with Gasteiger partial charge in [0.05, 0.1) is 5.56 Å². The maximum atomic E-state index is 14.7. The molecule has 0 saturated heterocycles. The minimum atomic E-state index is -0.231. The molecular formula is C22H19F. The molecule has 0 nitrogen and oxygen atoms in total. The Morgan fingerprint density at radius 2 is 1.70 bits per heavy atom. The Morgan fingerprint density at radius 1 is 0.913 bits per heavy atom. The van der Waals surface area contributed by atoms with E-state index in [0.717, 1.165) is 23.8 Å². The third-order valence-electron chi connectivity index (χ3n) is 3.95. The molecule has 0 N–H and O–H groups in total. The highest BCUT2D eigenvalue weighted by Crippen LogP contribution is 2.22. The number of hydrogen-bond donors (Lipinski definition) is 0. The van der Waals surface area contributed by atoms with Crippen LogP contribution in [-0.2, 0) is 6.42 Å². The summed E-state index contributed by atoms with van der Waals surface area (Å²) < 4.78 is 14.7. The van der Waals surface area contributed by atoms with Gasteiger partial charge in [0, 0.05) is 10.9 Å². The number of hydrogen-bond acceptors (Lipinski definition) is 0. The van der Waals surface area contributed by atoms with Gasteiger partial charge in [0.2, 0.25) is 0 Å². The molecule has 1 heteroatoms. The van der Waals surface area contributed by atoms with E-state index in [-0.39, 0.29) is 5.82 Å². The summed E-state index contributed by atoms with van der Waals surface area (Å²) in [4.78, 5) is 0. The number of rotatable bonds is 2. The number of benzene rings is 3. The van der Waals surface area contributed by atoms with Crippen LogP contribution in [0.3, 0.4) is 0 Å². The highest BCUT2D eigenvalue weighted by molar-refractivity contribution is 5.85. The topological polar surface area (TPSA) is 0 Å². The second-order valence-electron chi connectivity index (χ2n) is 5.85. The predicted octanol–water partition coefficient (Wildman–Crippen LogP) is 5.64.